The highest BCUT2D eigenvalue weighted by molar-refractivity contribution is 6.42. The van der Waals surface area contributed by atoms with Crippen molar-refractivity contribution in [2.45, 2.75) is 12.5 Å². The number of aliphatic hydroxyl groups is 1. The Bertz CT molecular complexity index is 511. The summed E-state index contributed by atoms with van der Waals surface area (Å²) in [4.78, 5) is 11.0. The first-order chi connectivity index (χ1) is 9.52. The lowest BCUT2D eigenvalue weighted by Gasteiger charge is -2.15. The maximum atomic E-state index is 11.0. The van der Waals surface area contributed by atoms with Crippen LogP contribution in [0.4, 0.5) is 0 Å². The smallest absolute Gasteiger partial charge is 0.245 e. The maximum Gasteiger partial charge on any atom is 0.245 e. The Kier molecular flexibility index (Phi) is 5.10. The van der Waals surface area contributed by atoms with Crippen LogP contribution in [0, 0.1) is 5.92 Å². The van der Waals surface area contributed by atoms with Gasteiger partial charge in [-0.1, -0.05) is 23.2 Å². The number of aliphatic hydroxyl groups excluding tert-OH is 1. The molecule has 0 saturated carbocycles. The lowest BCUT2D eigenvalue weighted by molar-refractivity contribution is -0.123. The number of carbonyl (C=O) groups excluding carboxylic acids is 1. The molecule has 1 heterocycles. The molecule has 0 bridgehead atoms. The lowest BCUT2D eigenvalue weighted by atomic mass is 9.99. The molecule has 110 valence electrons. The molecule has 0 unspecified atom stereocenters. The lowest BCUT2D eigenvalue weighted by Crippen LogP contribution is -2.32. The van der Waals surface area contributed by atoms with Gasteiger partial charge in [0, 0.05) is 24.7 Å². The van der Waals surface area contributed by atoms with Crippen molar-refractivity contribution in [2.75, 3.05) is 19.7 Å². The van der Waals surface area contributed by atoms with E-state index in [0.29, 0.717) is 28.7 Å². The summed E-state index contributed by atoms with van der Waals surface area (Å²) in [6.45, 7) is 0.658. The van der Waals surface area contributed by atoms with Gasteiger partial charge in [0.1, 0.15) is 12.4 Å². The molecule has 2 atom stereocenters. The van der Waals surface area contributed by atoms with Crippen molar-refractivity contribution >= 4 is 29.1 Å². The molecular formula is C13H16Cl2N2O3. The van der Waals surface area contributed by atoms with Gasteiger partial charge in [-0.3, -0.25) is 4.79 Å². The second-order valence-corrected chi connectivity index (χ2v) is 5.60. The van der Waals surface area contributed by atoms with E-state index in [9.17, 15) is 9.90 Å². The predicted molar refractivity (Wildman–Crippen MR) is 77.1 cm³/mol. The maximum absolute atomic E-state index is 11.0. The monoisotopic (exact) mass is 318 g/mol. The normalized spacial score (nSPS) is 21.9. The van der Waals surface area contributed by atoms with Crippen LogP contribution in [0.1, 0.15) is 18.0 Å². The van der Waals surface area contributed by atoms with E-state index < -0.39 is 12.5 Å². The first-order valence-electron chi connectivity index (χ1n) is 6.30. The average Bonchev–Trinajstić information content (AvgIpc) is 2.89. The second kappa shape index (κ2) is 6.63. The van der Waals surface area contributed by atoms with Crippen molar-refractivity contribution in [3.63, 3.8) is 0 Å². The minimum Gasteiger partial charge on any atom is -0.508 e. The molecule has 0 radical (unpaired) electrons. The fourth-order valence-corrected chi connectivity index (χ4v) is 2.84. The highest BCUT2D eigenvalue weighted by Crippen LogP contribution is 2.40. The van der Waals surface area contributed by atoms with Gasteiger partial charge >= 0.3 is 0 Å². The van der Waals surface area contributed by atoms with E-state index in [4.69, 9.17) is 28.3 Å². The van der Waals surface area contributed by atoms with E-state index >= 15 is 0 Å². The number of phenols is 1. The zero-order valence-electron chi connectivity index (χ0n) is 10.7. The van der Waals surface area contributed by atoms with E-state index in [-0.39, 0.29) is 17.7 Å². The number of rotatable bonds is 4. The molecule has 0 spiro atoms. The average molecular weight is 319 g/mol. The largest absolute Gasteiger partial charge is 0.508 e. The molecular weight excluding hydrogens is 303 g/mol. The predicted octanol–water partition coefficient (Wildman–Crippen LogP) is 1.46. The van der Waals surface area contributed by atoms with E-state index in [1.54, 1.807) is 6.07 Å². The molecule has 1 saturated heterocycles. The molecule has 1 fully saturated rings. The Balaban J connectivity index is 2.03. The van der Waals surface area contributed by atoms with Crippen molar-refractivity contribution in [1.82, 2.24) is 10.6 Å². The van der Waals surface area contributed by atoms with Crippen LogP contribution in [0.25, 0.3) is 0 Å². The van der Waals surface area contributed by atoms with Crippen LogP contribution in [0.3, 0.4) is 0 Å². The van der Waals surface area contributed by atoms with E-state index in [0.717, 1.165) is 6.42 Å². The number of hydrogen-bond acceptors (Lipinski definition) is 4. The molecule has 0 aliphatic carbocycles. The van der Waals surface area contributed by atoms with Gasteiger partial charge in [-0.15, -0.1) is 0 Å². The van der Waals surface area contributed by atoms with Crippen LogP contribution in [0.5, 0.6) is 5.75 Å². The highest BCUT2D eigenvalue weighted by Gasteiger charge is 2.29. The second-order valence-electron chi connectivity index (χ2n) is 4.82. The van der Waals surface area contributed by atoms with Crippen molar-refractivity contribution < 1.29 is 15.0 Å². The number of hydrogen-bond donors (Lipinski definition) is 4. The van der Waals surface area contributed by atoms with Crippen LogP contribution in [0.2, 0.25) is 10.0 Å². The Hall–Kier alpha value is -1.01. The van der Waals surface area contributed by atoms with Gasteiger partial charge in [0.05, 0.1) is 10.0 Å². The Labute approximate surface area is 126 Å². The van der Waals surface area contributed by atoms with Crippen molar-refractivity contribution in [3.05, 3.63) is 27.7 Å². The van der Waals surface area contributed by atoms with Crippen molar-refractivity contribution in [2.24, 2.45) is 5.92 Å². The molecule has 20 heavy (non-hydrogen) atoms. The topological polar surface area (TPSA) is 81.6 Å². The summed E-state index contributed by atoms with van der Waals surface area (Å²) in [5.41, 5.74) is 0.593. The Morgan fingerprint density at radius 3 is 2.90 bits per heavy atom. The molecule has 1 aromatic carbocycles. The highest BCUT2D eigenvalue weighted by atomic mass is 35.5. The zero-order chi connectivity index (χ0) is 14.7. The number of halogens is 2. The van der Waals surface area contributed by atoms with Gasteiger partial charge in [-0.25, -0.2) is 0 Å². The third kappa shape index (κ3) is 3.35. The number of nitrogens with one attached hydrogen (secondary N) is 2. The van der Waals surface area contributed by atoms with Gasteiger partial charge < -0.3 is 20.8 Å². The number of benzene rings is 1. The van der Waals surface area contributed by atoms with Crippen LogP contribution in [-0.4, -0.2) is 35.8 Å². The SMILES string of the molecule is O=C(CO)NC[C@H]1CN[C@@H](c2c(O)ccc(Cl)c2Cl)C1. The van der Waals surface area contributed by atoms with Crippen molar-refractivity contribution in [1.29, 1.82) is 0 Å². The Morgan fingerprint density at radius 1 is 1.45 bits per heavy atom. The fourth-order valence-electron chi connectivity index (χ4n) is 2.39. The first-order valence-corrected chi connectivity index (χ1v) is 7.06. The molecule has 5 nitrogen and oxygen atoms in total. The molecule has 1 aromatic rings. The quantitative estimate of drug-likeness (QED) is 0.677. The van der Waals surface area contributed by atoms with Gasteiger partial charge in [0.15, 0.2) is 0 Å². The molecule has 2 rings (SSSR count). The summed E-state index contributed by atoms with van der Waals surface area (Å²) >= 11 is 12.1. The van der Waals surface area contributed by atoms with E-state index in [2.05, 4.69) is 10.6 Å². The van der Waals surface area contributed by atoms with Crippen LogP contribution < -0.4 is 10.6 Å². The minimum absolute atomic E-state index is 0.0998. The molecule has 1 amide bonds. The summed E-state index contributed by atoms with van der Waals surface area (Å²) in [6.07, 6.45) is 0.722. The van der Waals surface area contributed by atoms with Gasteiger partial charge in [0.25, 0.3) is 0 Å². The van der Waals surface area contributed by atoms with E-state index in [1.165, 1.54) is 6.07 Å². The number of amides is 1. The summed E-state index contributed by atoms with van der Waals surface area (Å²) in [7, 11) is 0. The van der Waals surface area contributed by atoms with Crippen LogP contribution >= 0.6 is 23.2 Å². The molecule has 0 aromatic heterocycles. The zero-order valence-corrected chi connectivity index (χ0v) is 12.2. The fraction of sp³-hybridized carbons (Fsp3) is 0.462. The molecule has 7 heteroatoms. The van der Waals surface area contributed by atoms with Crippen LogP contribution in [-0.2, 0) is 4.79 Å². The number of phenolic OH excluding ortho intramolecular Hbond substituents is 1. The van der Waals surface area contributed by atoms with Crippen molar-refractivity contribution in [3.8, 4) is 5.75 Å². The third-order valence-electron chi connectivity index (χ3n) is 3.41. The summed E-state index contributed by atoms with van der Waals surface area (Å²) in [5.74, 6) is -0.0704. The Morgan fingerprint density at radius 2 is 2.20 bits per heavy atom. The summed E-state index contributed by atoms with van der Waals surface area (Å²) < 4.78 is 0. The summed E-state index contributed by atoms with van der Waals surface area (Å²) in [6, 6.07) is 2.97. The number of carbonyl (C=O) groups is 1. The van der Waals surface area contributed by atoms with Gasteiger partial charge in [0.2, 0.25) is 5.91 Å². The third-order valence-corrected chi connectivity index (χ3v) is 4.23. The minimum atomic E-state index is -0.509. The van der Waals surface area contributed by atoms with Gasteiger partial charge in [-0.2, -0.15) is 0 Å². The van der Waals surface area contributed by atoms with Crippen LogP contribution in [0.15, 0.2) is 12.1 Å². The molecule has 1 aliphatic rings. The first kappa shape index (κ1) is 15.4. The summed E-state index contributed by atoms with van der Waals surface area (Å²) in [5, 5.41) is 25.2. The standard InChI is InChI=1S/C13H16Cl2N2O3/c14-8-1-2-10(19)12(13(8)15)9-3-7(4-16-9)5-17-11(20)6-18/h1-2,7,9,16,18-19H,3-6H2,(H,17,20)/t7-,9-/m1/s1. The molecule has 4 N–H and O–H groups in total. The number of aromatic hydroxyl groups is 1. The van der Waals surface area contributed by atoms with Gasteiger partial charge in [-0.05, 0) is 24.5 Å². The van der Waals surface area contributed by atoms with E-state index in [1.807, 2.05) is 0 Å². The molecule has 1 aliphatic heterocycles.